The van der Waals surface area contributed by atoms with E-state index in [0.717, 1.165) is 41.0 Å². The second-order valence-corrected chi connectivity index (χ2v) is 11.8. The number of amides is 1. The van der Waals surface area contributed by atoms with Gasteiger partial charge in [0.15, 0.2) is 5.83 Å². The van der Waals surface area contributed by atoms with Gasteiger partial charge in [-0.2, -0.15) is 15.2 Å². The number of carbonyl (C=O) groups is 1. The summed E-state index contributed by atoms with van der Waals surface area (Å²) in [4.78, 5) is 31.9. The van der Waals surface area contributed by atoms with Crippen molar-refractivity contribution in [1.82, 2.24) is 24.4 Å². The molecule has 2 atom stereocenters. The Hall–Kier alpha value is -4.76. The summed E-state index contributed by atoms with van der Waals surface area (Å²) < 4.78 is 36.5. The number of ether oxygens (including phenoxy) is 1. The van der Waals surface area contributed by atoms with Crippen LogP contribution >= 0.6 is 11.6 Å². The van der Waals surface area contributed by atoms with Gasteiger partial charge in [-0.05, 0) is 36.8 Å². The third-order valence-electron chi connectivity index (χ3n) is 8.72. The molecule has 13 heteroatoms. The average molecular weight is 647 g/mol. The minimum absolute atomic E-state index is 0.0929. The minimum Gasteiger partial charge on any atom is -0.458 e. The van der Waals surface area contributed by atoms with E-state index in [9.17, 15) is 13.6 Å². The number of rotatable bonds is 6. The summed E-state index contributed by atoms with van der Waals surface area (Å²) >= 11 is 6.47. The van der Waals surface area contributed by atoms with Crippen LogP contribution in [0.3, 0.4) is 0 Å². The lowest BCUT2D eigenvalue weighted by atomic mass is 9.89. The monoisotopic (exact) mass is 646 g/mol. The van der Waals surface area contributed by atoms with Crippen molar-refractivity contribution in [1.29, 1.82) is 5.26 Å². The Morgan fingerprint density at radius 2 is 1.89 bits per heavy atom. The minimum atomic E-state index is -0.954. The van der Waals surface area contributed by atoms with Crippen molar-refractivity contribution in [3.63, 3.8) is 0 Å². The summed E-state index contributed by atoms with van der Waals surface area (Å²) in [6.07, 6.45) is 7.88. The largest absolute Gasteiger partial charge is 0.458 e. The van der Waals surface area contributed by atoms with Gasteiger partial charge in [0, 0.05) is 68.7 Å². The number of nitrogens with zero attached hydrogens (tertiary/aromatic N) is 8. The van der Waals surface area contributed by atoms with Gasteiger partial charge < -0.3 is 24.0 Å². The van der Waals surface area contributed by atoms with Crippen LogP contribution in [-0.2, 0) is 17.8 Å². The highest BCUT2D eigenvalue weighted by Crippen LogP contribution is 2.39. The molecule has 46 heavy (non-hydrogen) atoms. The molecule has 4 heterocycles. The summed E-state index contributed by atoms with van der Waals surface area (Å²) in [7, 11) is 0. The number of imidazole rings is 1. The van der Waals surface area contributed by atoms with E-state index in [1.807, 2.05) is 29.0 Å². The smallest absolute Gasteiger partial charge is 0.319 e. The maximum Gasteiger partial charge on any atom is 0.319 e. The van der Waals surface area contributed by atoms with E-state index < -0.39 is 17.6 Å². The highest BCUT2D eigenvalue weighted by atomic mass is 35.5. The Morgan fingerprint density at radius 3 is 2.57 bits per heavy atom. The molecule has 2 aliphatic heterocycles. The zero-order valence-corrected chi connectivity index (χ0v) is 26.1. The molecule has 4 aromatic rings. The van der Waals surface area contributed by atoms with Crippen molar-refractivity contribution in [2.24, 2.45) is 0 Å². The molecule has 0 N–H and O–H groups in total. The van der Waals surface area contributed by atoms with E-state index in [2.05, 4.69) is 21.4 Å². The van der Waals surface area contributed by atoms with Gasteiger partial charge in [-0.25, -0.2) is 13.8 Å². The molecule has 10 nitrogen and oxygen atoms in total. The van der Waals surface area contributed by atoms with Gasteiger partial charge >= 0.3 is 6.01 Å². The van der Waals surface area contributed by atoms with Crippen LogP contribution in [0.4, 0.5) is 20.3 Å². The predicted molar refractivity (Wildman–Crippen MR) is 171 cm³/mol. The zero-order valence-electron chi connectivity index (χ0n) is 25.4. The van der Waals surface area contributed by atoms with Crippen molar-refractivity contribution in [3.05, 3.63) is 83.6 Å². The van der Waals surface area contributed by atoms with Crippen molar-refractivity contribution < 1.29 is 18.3 Å². The fourth-order valence-electron chi connectivity index (χ4n) is 6.29. The topological polar surface area (TPSA) is 103 Å². The van der Waals surface area contributed by atoms with Gasteiger partial charge in [0.2, 0.25) is 0 Å². The Morgan fingerprint density at radius 1 is 1.11 bits per heavy atom. The van der Waals surface area contributed by atoms with Crippen LogP contribution in [0.15, 0.2) is 61.5 Å². The molecule has 3 aliphatic rings. The molecular weight excluding hydrogens is 614 g/mol. The van der Waals surface area contributed by atoms with Crippen LogP contribution < -0.4 is 14.5 Å². The maximum absolute atomic E-state index is 14.5. The van der Waals surface area contributed by atoms with Gasteiger partial charge in [-0.3, -0.25) is 4.79 Å². The van der Waals surface area contributed by atoms with Gasteiger partial charge in [-0.15, -0.1) is 0 Å². The third kappa shape index (κ3) is 6.07. The molecule has 2 aromatic heterocycles. The Bertz CT molecular complexity index is 1800. The lowest BCUT2D eigenvalue weighted by Crippen LogP contribution is -2.49. The molecule has 2 unspecified atom stereocenters. The molecule has 2 fully saturated rings. The molecule has 1 aliphatic carbocycles. The fraction of sp³-hybridized carbons (Fsp3) is 0.364. The first-order valence-corrected chi connectivity index (χ1v) is 15.5. The van der Waals surface area contributed by atoms with Crippen LogP contribution in [-0.4, -0.2) is 69.2 Å². The number of hydrogen-bond acceptors (Lipinski definition) is 8. The number of benzene rings is 2. The van der Waals surface area contributed by atoms with Gasteiger partial charge in [0.05, 0.1) is 35.7 Å². The molecule has 2 aromatic carbocycles. The summed E-state index contributed by atoms with van der Waals surface area (Å²) in [5, 5.41) is 8.96. The molecular formula is C33H33ClF2N8O2. The van der Waals surface area contributed by atoms with E-state index >= 15 is 0 Å². The SMILES string of the molecule is C=C(F)C(=O)N1CCN(c2nc(OC3CCC3n3ccnc3)nc3c2CCN(c2cccc4ccc(F)c(Cl)c24)C3)CC1.CC#N. The van der Waals surface area contributed by atoms with Crippen molar-refractivity contribution in [2.75, 3.05) is 42.5 Å². The lowest BCUT2D eigenvalue weighted by Gasteiger charge is -2.39. The van der Waals surface area contributed by atoms with Crippen molar-refractivity contribution in [2.45, 2.75) is 44.9 Å². The number of nitriles is 1. The van der Waals surface area contributed by atoms with E-state index in [0.29, 0.717) is 57.1 Å². The lowest BCUT2D eigenvalue weighted by molar-refractivity contribution is -0.128. The normalized spacial score (nSPS) is 19.0. The average Bonchev–Trinajstić information content (AvgIpc) is 3.58. The Labute approximate surface area is 270 Å². The van der Waals surface area contributed by atoms with Crippen molar-refractivity contribution >= 4 is 39.8 Å². The Balaban J connectivity index is 0.00000119. The van der Waals surface area contributed by atoms with Gasteiger partial charge in [0.1, 0.15) is 17.7 Å². The third-order valence-corrected chi connectivity index (χ3v) is 9.09. The van der Waals surface area contributed by atoms with Crippen LogP contribution in [0.5, 0.6) is 6.01 Å². The van der Waals surface area contributed by atoms with E-state index in [-0.39, 0.29) is 17.2 Å². The van der Waals surface area contributed by atoms with E-state index in [1.165, 1.54) is 17.9 Å². The first-order chi connectivity index (χ1) is 22.3. The maximum atomic E-state index is 14.5. The quantitative estimate of drug-likeness (QED) is 0.249. The first kappa shape index (κ1) is 31.2. The predicted octanol–water partition coefficient (Wildman–Crippen LogP) is 5.63. The van der Waals surface area contributed by atoms with Crippen LogP contribution in [0.25, 0.3) is 10.8 Å². The number of hydrogen-bond donors (Lipinski definition) is 0. The summed E-state index contributed by atoms with van der Waals surface area (Å²) in [6.45, 7) is 7.39. The van der Waals surface area contributed by atoms with Crippen LogP contribution in [0.1, 0.15) is 37.1 Å². The highest BCUT2D eigenvalue weighted by Gasteiger charge is 2.36. The number of fused-ring (bicyclic) bond motifs is 2. The van der Waals surface area contributed by atoms with Crippen molar-refractivity contribution in [3.8, 4) is 12.1 Å². The van der Waals surface area contributed by atoms with E-state index in [4.69, 9.17) is 31.6 Å². The number of anilines is 2. The summed E-state index contributed by atoms with van der Waals surface area (Å²) in [5.74, 6) is -1.32. The van der Waals surface area contributed by atoms with Gasteiger partial charge in [0.25, 0.3) is 5.91 Å². The number of carbonyl (C=O) groups excluding carboxylic acids is 1. The fourth-order valence-corrected chi connectivity index (χ4v) is 6.56. The molecule has 1 saturated heterocycles. The number of halogens is 3. The second-order valence-electron chi connectivity index (χ2n) is 11.4. The van der Waals surface area contributed by atoms with Crippen LogP contribution in [0.2, 0.25) is 5.02 Å². The first-order valence-electron chi connectivity index (χ1n) is 15.1. The van der Waals surface area contributed by atoms with Gasteiger partial charge in [-0.1, -0.05) is 36.4 Å². The molecule has 0 radical (unpaired) electrons. The molecule has 0 spiro atoms. The summed E-state index contributed by atoms with van der Waals surface area (Å²) in [5.41, 5.74) is 2.67. The van der Waals surface area contributed by atoms with E-state index in [1.54, 1.807) is 24.7 Å². The highest BCUT2D eigenvalue weighted by molar-refractivity contribution is 6.36. The number of piperazine rings is 1. The molecule has 0 bridgehead atoms. The standard InChI is InChI=1S/C31H30ClF2N7O2.C2H3N/c1-19(33)30(42)39-15-13-38(14-16-39)29-21-9-11-40(25-4-2-3-20-5-6-22(34)28(32)27(20)25)17-23(21)36-31(37-29)43-26-8-7-24(26)41-12-10-35-18-41;1-2-3/h2-6,10,12,18,24,26H,1,7-9,11,13-17H2;1H3. The molecule has 7 rings (SSSR count). The molecule has 238 valence electrons. The summed E-state index contributed by atoms with van der Waals surface area (Å²) in [6, 6.07) is 11.1. The zero-order chi connectivity index (χ0) is 32.4. The number of aromatic nitrogens is 4. The second kappa shape index (κ2) is 13.3. The van der Waals surface area contributed by atoms with Crippen LogP contribution in [0, 0.1) is 17.1 Å². The molecule has 1 amide bonds. The Kier molecular flexibility index (Phi) is 9.03. The molecule has 1 saturated carbocycles.